The Morgan fingerprint density at radius 3 is 2.42 bits per heavy atom. The molecular formula is C26H46. The summed E-state index contributed by atoms with van der Waals surface area (Å²) in [5, 5.41) is 0. The first kappa shape index (κ1) is 19.3. The van der Waals surface area contributed by atoms with Gasteiger partial charge in [-0.2, -0.15) is 0 Å². The molecule has 8 atom stereocenters. The fourth-order valence-electron chi connectivity index (χ4n) is 9.19. The Kier molecular flexibility index (Phi) is 5.53. The van der Waals surface area contributed by atoms with E-state index in [0.29, 0.717) is 10.8 Å². The molecule has 0 spiro atoms. The van der Waals surface area contributed by atoms with Crippen molar-refractivity contribution in [3.8, 4) is 0 Å². The van der Waals surface area contributed by atoms with Crippen LogP contribution >= 0.6 is 0 Å². The van der Waals surface area contributed by atoms with Gasteiger partial charge in [-0.1, -0.05) is 66.2 Å². The van der Waals surface area contributed by atoms with Gasteiger partial charge in [0.05, 0.1) is 0 Å². The predicted molar refractivity (Wildman–Crippen MR) is 113 cm³/mol. The lowest BCUT2D eigenvalue weighted by Crippen LogP contribution is -2.53. The van der Waals surface area contributed by atoms with Crippen molar-refractivity contribution in [1.29, 1.82) is 0 Å². The molecule has 0 amide bonds. The first-order valence-corrected chi connectivity index (χ1v) is 12.5. The van der Waals surface area contributed by atoms with Crippen molar-refractivity contribution >= 4 is 0 Å². The summed E-state index contributed by atoms with van der Waals surface area (Å²) in [6.07, 6.45) is 21.4. The van der Waals surface area contributed by atoms with Gasteiger partial charge >= 0.3 is 0 Å². The molecule has 0 aromatic heterocycles. The summed E-state index contributed by atoms with van der Waals surface area (Å²) in [5.74, 6) is 6.30. The van der Waals surface area contributed by atoms with E-state index < -0.39 is 0 Å². The van der Waals surface area contributed by atoms with Gasteiger partial charge in [-0.25, -0.2) is 0 Å². The molecule has 0 radical (unpaired) electrons. The molecule has 4 aliphatic rings. The molecule has 1 unspecified atom stereocenters. The van der Waals surface area contributed by atoms with E-state index in [1.54, 1.807) is 51.4 Å². The smallest absolute Gasteiger partial charge is 0.0264 e. The van der Waals surface area contributed by atoms with E-state index in [1.807, 2.05) is 0 Å². The minimum atomic E-state index is 0.685. The topological polar surface area (TPSA) is 0 Å². The zero-order chi connectivity index (χ0) is 18.4. The summed E-state index contributed by atoms with van der Waals surface area (Å²) in [6, 6.07) is 0. The highest BCUT2D eigenvalue weighted by atomic mass is 14.6. The number of rotatable bonds is 5. The molecule has 0 heteroatoms. The van der Waals surface area contributed by atoms with Crippen LogP contribution in [-0.2, 0) is 0 Å². The fraction of sp³-hybridized carbons (Fsp3) is 1.00. The van der Waals surface area contributed by atoms with E-state index >= 15 is 0 Å². The first-order valence-electron chi connectivity index (χ1n) is 12.5. The fourth-order valence-corrected chi connectivity index (χ4v) is 9.19. The van der Waals surface area contributed by atoms with Crippen LogP contribution in [0.4, 0.5) is 0 Å². The van der Waals surface area contributed by atoms with Crippen LogP contribution < -0.4 is 0 Å². The molecule has 150 valence electrons. The Morgan fingerprint density at radius 1 is 0.808 bits per heavy atom. The van der Waals surface area contributed by atoms with E-state index in [0.717, 1.165) is 35.5 Å². The van der Waals surface area contributed by atoms with Gasteiger partial charge in [0.15, 0.2) is 0 Å². The predicted octanol–water partition coefficient (Wildman–Crippen LogP) is 8.25. The van der Waals surface area contributed by atoms with E-state index in [1.165, 1.54) is 38.5 Å². The Morgan fingerprint density at radius 2 is 1.62 bits per heavy atom. The maximum absolute atomic E-state index is 2.75. The average Bonchev–Trinajstić information content (AvgIpc) is 2.98. The van der Waals surface area contributed by atoms with Crippen LogP contribution in [0.3, 0.4) is 0 Å². The lowest BCUT2D eigenvalue weighted by atomic mass is 9.44. The van der Waals surface area contributed by atoms with Gasteiger partial charge in [-0.3, -0.25) is 0 Å². The summed E-state index contributed by atoms with van der Waals surface area (Å²) in [5.41, 5.74) is 1.40. The molecule has 4 rings (SSSR count). The molecule has 4 saturated carbocycles. The Hall–Kier alpha value is 0. The van der Waals surface area contributed by atoms with Crippen molar-refractivity contribution in [3.05, 3.63) is 0 Å². The van der Waals surface area contributed by atoms with Crippen molar-refractivity contribution in [2.75, 3.05) is 0 Å². The van der Waals surface area contributed by atoms with Crippen molar-refractivity contribution in [1.82, 2.24) is 0 Å². The summed E-state index contributed by atoms with van der Waals surface area (Å²) in [7, 11) is 0. The second-order valence-corrected chi connectivity index (χ2v) is 11.6. The Labute approximate surface area is 164 Å². The van der Waals surface area contributed by atoms with Crippen molar-refractivity contribution in [2.45, 2.75) is 118 Å². The van der Waals surface area contributed by atoms with E-state index in [9.17, 15) is 0 Å². The van der Waals surface area contributed by atoms with Crippen LogP contribution in [0.1, 0.15) is 118 Å². The van der Waals surface area contributed by atoms with Crippen LogP contribution in [0.25, 0.3) is 0 Å². The minimum absolute atomic E-state index is 0.685. The monoisotopic (exact) mass is 358 g/mol. The third-order valence-electron chi connectivity index (χ3n) is 10.6. The van der Waals surface area contributed by atoms with Crippen molar-refractivity contribution in [3.63, 3.8) is 0 Å². The SMILES string of the molecule is CCCCC[C@H](C)[C@H]1CC[C@H]2[C@@H]3CCC4CCCC[C@]4(C)[C@H]3CC[C@]12C. The van der Waals surface area contributed by atoms with Crippen LogP contribution in [0.2, 0.25) is 0 Å². The molecule has 0 aromatic rings. The van der Waals surface area contributed by atoms with Crippen LogP contribution in [0.15, 0.2) is 0 Å². The van der Waals surface area contributed by atoms with Crippen molar-refractivity contribution in [2.24, 2.45) is 46.3 Å². The van der Waals surface area contributed by atoms with Crippen LogP contribution in [0.5, 0.6) is 0 Å². The highest BCUT2D eigenvalue weighted by Crippen LogP contribution is 2.68. The number of hydrogen-bond donors (Lipinski definition) is 0. The molecule has 0 N–H and O–H groups in total. The molecule has 26 heavy (non-hydrogen) atoms. The summed E-state index contributed by atoms with van der Waals surface area (Å²) >= 11 is 0. The number of unbranched alkanes of at least 4 members (excludes halogenated alkanes) is 2. The molecular weight excluding hydrogens is 312 g/mol. The first-order chi connectivity index (χ1) is 12.5. The van der Waals surface area contributed by atoms with Crippen LogP contribution in [0, 0.1) is 46.3 Å². The van der Waals surface area contributed by atoms with Crippen LogP contribution in [-0.4, -0.2) is 0 Å². The average molecular weight is 359 g/mol. The van der Waals surface area contributed by atoms with Gasteiger partial charge in [0.2, 0.25) is 0 Å². The highest BCUT2D eigenvalue weighted by molar-refractivity contribution is 5.09. The standard InChI is InChI=1S/C26H46/c1-5-6-7-10-19(2)22-14-15-23-21-13-12-20-11-8-9-17-25(20,3)24(21)16-18-26(22,23)4/h19-24H,5-18H2,1-4H3/t19-,20?,21-,22+,23-,24-,25-,26+/m0/s1. The van der Waals surface area contributed by atoms with Gasteiger partial charge in [0.1, 0.15) is 0 Å². The third-order valence-corrected chi connectivity index (χ3v) is 10.6. The molecule has 4 fully saturated rings. The maximum atomic E-state index is 2.75. The van der Waals surface area contributed by atoms with Gasteiger partial charge in [-0.05, 0) is 97.7 Å². The molecule has 4 aliphatic carbocycles. The summed E-state index contributed by atoms with van der Waals surface area (Å²) in [6.45, 7) is 10.4. The normalized spacial score (nSPS) is 49.2. The third kappa shape index (κ3) is 3.00. The second kappa shape index (κ2) is 7.44. The number of fused-ring (bicyclic) bond motifs is 5. The summed E-state index contributed by atoms with van der Waals surface area (Å²) in [4.78, 5) is 0. The second-order valence-electron chi connectivity index (χ2n) is 11.6. The quantitative estimate of drug-likeness (QED) is 0.434. The molecule has 0 aliphatic heterocycles. The van der Waals surface area contributed by atoms with Gasteiger partial charge in [-0.15, -0.1) is 0 Å². The molecule has 0 bridgehead atoms. The van der Waals surface area contributed by atoms with Gasteiger partial charge < -0.3 is 0 Å². The highest BCUT2D eigenvalue weighted by Gasteiger charge is 2.59. The van der Waals surface area contributed by atoms with E-state index in [-0.39, 0.29) is 0 Å². The number of hydrogen-bond acceptors (Lipinski definition) is 0. The lowest BCUT2D eigenvalue weighted by Gasteiger charge is -2.61. The molecule has 0 aromatic carbocycles. The summed E-state index contributed by atoms with van der Waals surface area (Å²) < 4.78 is 0. The maximum Gasteiger partial charge on any atom is -0.0264 e. The Balaban J connectivity index is 1.49. The Bertz CT molecular complexity index is 480. The molecule has 0 nitrogen and oxygen atoms in total. The molecule has 0 heterocycles. The van der Waals surface area contributed by atoms with Gasteiger partial charge in [0.25, 0.3) is 0 Å². The van der Waals surface area contributed by atoms with Gasteiger partial charge in [0, 0.05) is 0 Å². The zero-order valence-electron chi connectivity index (χ0n) is 18.4. The molecule has 0 saturated heterocycles. The van der Waals surface area contributed by atoms with E-state index in [4.69, 9.17) is 0 Å². The minimum Gasteiger partial charge on any atom is -0.0654 e. The van der Waals surface area contributed by atoms with E-state index in [2.05, 4.69) is 27.7 Å². The zero-order valence-corrected chi connectivity index (χ0v) is 18.4. The lowest BCUT2D eigenvalue weighted by molar-refractivity contribution is -0.114. The largest absolute Gasteiger partial charge is 0.0654 e. The van der Waals surface area contributed by atoms with Crippen molar-refractivity contribution < 1.29 is 0 Å².